The lowest BCUT2D eigenvalue weighted by Gasteiger charge is -2.48. The normalized spacial score (nSPS) is 25.8. The van der Waals surface area contributed by atoms with Gasteiger partial charge in [0.15, 0.2) is 18.9 Å². The van der Waals surface area contributed by atoms with Crippen molar-refractivity contribution >= 4 is 5.91 Å². The number of ether oxygens (including phenoxy) is 6. The zero-order valence-corrected chi connectivity index (χ0v) is 66.9. The molecule has 1 amide bonds. The summed E-state index contributed by atoms with van der Waals surface area (Å²) in [5.74, 6) is -0.278. The van der Waals surface area contributed by atoms with Gasteiger partial charge >= 0.3 is 0 Å². The molecule has 0 aromatic rings. The molecule has 17 unspecified atom stereocenters. The van der Waals surface area contributed by atoms with Gasteiger partial charge in [0.05, 0.1) is 38.6 Å². The van der Waals surface area contributed by atoms with Crippen molar-refractivity contribution in [1.82, 2.24) is 5.32 Å². The number of hydrogen-bond donors (Lipinski definition) is 12. The van der Waals surface area contributed by atoms with Gasteiger partial charge in [-0.3, -0.25) is 4.79 Å². The number of allylic oxidation sites excluding steroid dienone is 7. The maximum atomic E-state index is 13.5. The quantitative estimate of drug-likeness (QED) is 0.0199. The summed E-state index contributed by atoms with van der Waals surface area (Å²) in [4.78, 5) is 13.5. The van der Waals surface area contributed by atoms with Crippen LogP contribution in [0.1, 0.15) is 367 Å². The maximum Gasteiger partial charge on any atom is 0.220 e. The summed E-state index contributed by atoms with van der Waals surface area (Å²) >= 11 is 0. The topological polar surface area (TPSA) is 307 Å². The molecule has 0 aromatic carbocycles. The van der Waals surface area contributed by atoms with Crippen molar-refractivity contribution in [2.75, 3.05) is 26.4 Å². The largest absolute Gasteiger partial charge is 0.394 e. The fourth-order valence-electron chi connectivity index (χ4n) is 14.8. The van der Waals surface area contributed by atoms with Gasteiger partial charge in [0.1, 0.15) is 73.2 Å². The number of rotatable bonds is 71. The van der Waals surface area contributed by atoms with E-state index < -0.39 is 124 Å². The molecule has 3 heterocycles. The minimum absolute atomic E-state index is 0.239. The predicted molar refractivity (Wildman–Crippen MR) is 425 cm³/mol. The number of amides is 1. The standard InChI is InChI=1S/C87H161NO18/c1-3-5-7-9-11-13-15-17-19-21-23-25-27-28-29-30-31-32-33-34-35-36-37-38-39-40-41-42-43-45-47-49-51-53-55-57-59-61-63-65-75(93)88-70(71(92)64-62-60-58-56-54-52-50-48-46-44-26-24-22-20-18-16-14-12-10-8-6-4-2)69-101-85-81(99)78(96)83(73(67-90)103-85)106-87-82(100)79(97)84(74(68-91)104-87)105-86-80(98)77(95)76(94)72(66-89)102-86/h15,17,21,23,54,56,62,64,70-74,76-87,89-92,94-100H,3-14,16,18-20,22,24-53,55,57-61,63,65-69H2,1-2H3,(H,88,93)/b17-15-,23-21-,56-54+,64-62+. The Bertz CT molecular complexity index is 2100. The van der Waals surface area contributed by atoms with Crippen molar-refractivity contribution < 1.29 is 89.4 Å². The van der Waals surface area contributed by atoms with Gasteiger partial charge in [0.2, 0.25) is 5.91 Å². The molecule has 19 nitrogen and oxygen atoms in total. The van der Waals surface area contributed by atoms with E-state index in [4.69, 9.17) is 28.4 Å². The molecular formula is C87H161NO18. The highest BCUT2D eigenvalue weighted by Gasteiger charge is 2.54. The van der Waals surface area contributed by atoms with Crippen LogP contribution >= 0.6 is 0 Å². The highest BCUT2D eigenvalue weighted by molar-refractivity contribution is 5.76. The fraction of sp³-hybridized carbons (Fsp3) is 0.897. The lowest BCUT2D eigenvalue weighted by molar-refractivity contribution is -0.379. The predicted octanol–water partition coefficient (Wildman–Crippen LogP) is 16.0. The molecule has 3 fully saturated rings. The summed E-state index contributed by atoms with van der Waals surface area (Å²) < 4.78 is 34.5. The van der Waals surface area contributed by atoms with Crippen LogP contribution in [0.15, 0.2) is 48.6 Å². The van der Waals surface area contributed by atoms with Crippen molar-refractivity contribution in [3.8, 4) is 0 Å². The maximum absolute atomic E-state index is 13.5. The van der Waals surface area contributed by atoms with Gasteiger partial charge in [-0.1, -0.05) is 345 Å². The Morgan fingerprint density at radius 1 is 0.340 bits per heavy atom. The van der Waals surface area contributed by atoms with E-state index in [2.05, 4.69) is 55.6 Å². The Balaban J connectivity index is 1.31. The second kappa shape index (κ2) is 67.3. The zero-order chi connectivity index (χ0) is 76.7. The molecule has 12 N–H and O–H groups in total. The molecule has 0 radical (unpaired) electrons. The fourth-order valence-corrected chi connectivity index (χ4v) is 14.8. The Morgan fingerprint density at radius 2 is 0.632 bits per heavy atom. The molecule has 0 saturated carbocycles. The first kappa shape index (κ1) is 97.9. The summed E-state index contributed by atoms with van der Waals surface area (Å²) in [5, 5.41) is 121. The third-order valence-electron chi connectivity index (χ3n) is 21.8. The Labute approximate surface area is 643 Å². The van der Waals surface area contributed by atoms with Crippen LogP contribution < -0.4 is 5.32 Å². The summed E-state index contributed by atoms with van der Waals surface area (Å²) in [6.07, 6.45) is 59.9. The van der Waals surface area contributed by atoms with Crippen molar-refractivity contribution in [1.29, 1.82) is 0 Å². The molecule has 0 bridgehead atoms. The van der Waals surface area contributed by atoms with Crippen molar-refractivity contribution in [2.24, 2.45) is 0 Å². The minimum Gasteiger partial charge on any atom is -0.394 e. The van der Waals surface area contributed by atoms with Gasteiger partial charge in [0.25, 0.3) is 0 Å². The molecule has 0 spiro atoms. The monoisotopic (exact) mass is 1510 g/mol. The van der Waals surface area contributed by atoms with E-state index in [0.29, 0.717) is 12.8 Å². The average Bonchev–Trinajstić information content (AvgIpc) is 0.780. The SMILES string of the molecule is CCCCCCC/C=C\C/C=C\CCCCCCCCCCCCCCCCCCCCCCCCCCCCCC(=O)NC(COC1OC(CO)C(OC2OC(CO)C(OC3OC(CO)C(O)C(O)C3O)C(O)C2O)C(O)C1O)C(O)/C=C/CC/C=C/CCCCCCCCCCCCCCCCCC. The van der Waals surface area contributed by atoms with E-state index in [-0.39, 0.29) is 18.9 Å². The number of carbonyl (C=O) groups excluding carboxylic acids is 1. The minimum atomic E-state index is -1.98. The highest BCUT2D eigenvalue weighted by atomic mass is 16.8. The van der Waals surface area contributed by atoms with Gasteiger partial charge < -0.3 is 89.9 Å². The molecule has 3 aliphatic rings. The van der Waals surface area contributed by atoms with Crippen LogP contribution in [0.3, 0.4) is 0 Å². The average molecular weight is 1510 g/mol. The lowest BCUT2D eigenvalue weighted by atomic mass is 9.96. The van der Waals surface area contributed by atoms with Crippen LogP contribution in [0.25, 0.3) is 0 Å². The Morgan fingerprint density at radius 3 is 1.00 bits per heavy atom. The summed E-state index contributed by atoms with van der Waals surface area (Å²) in [5.41, 5.74) is 0. The Hall–Kier alpha value is -2.25. The third-order valence-corrected chi connectivity index (χ3v) is 21.8. The number of carbonyl (C=O) groups is 1. The molecule has 19 heteroatoms. The lowest BCUT2D eigenvalue weighted by Crippen LogP contribution is -2.66. The van der Waals surface area contributed by atoms with Gasteiger partial charge in [-0.15, -0.1) is 0 Å². The second-order valence-electron chi connectivity index (χ2n) is 31.3. The highest BCUT2D eigenvalue weighted by Crippen LogP contribution is 2.33. The number of aliphatic hydroxyl groups is 11. The van der Waals surface area contributed by atoms with E-state index in [1.165, 1.54) is 289 Å². The first-order valence-corrected chi connectivity index (χ1v) is 43.9. The number of unbranched alkanes of at least 4 members (excludes halogenated alkanes) is 49. The van der Waals surface area contributed by atoms with Crippen LogP contribution in [0.4, 0.5) is 0 Å². The van der Waals surface area contributed by atoms with Gasteiger partial charge in [-0.05, 0) is 64.2 Å². The van der Waals surface area contributed by atoms with E-state index in [9.17, 15) is 61.0 Å². The Kier molecular flexibility index (Phi) is 62.2. The number of aliphatic hydroxyl groups excluding tert-OH is 11. The van der Waals surface area contributed by atoms with Crippen molar-refractivity contribution in [3.05, 3.63) is 48.6 Å². The van der Waals surface area contributed by atoms with Crippen molar-refractivity contribution in [2.45, 2.75) is 471 Å². The molecule has 17 atom stereocenters. The molecule has 106 heavy (non-hydrogen) atoms. The third kappa shape index (κ3) is 46.1. The first-order chi connectivity index (χ1) is 51.8. The van der Waals surface area contributed by atoms with E-state index in [1.807, 2.05) is 6.08 Å². The van der Waals surface area contributed by atoms with Gasteiger partial charge in [-0.2, -0.15) is 0 Å². The zero-order valence-electron chi connectivity index (χ0n) is 66.9. The molecule has 3 rings (SSSR count). The van der Waals surface area contributed by atoms with E-state index in [0.717, 1.165) is 44.9 Å². The molecule has 3 aliphatic heterocycles. The van der Waals surface area contributed by atoms with Crippen LogP contribution in [-0.4, -0.2) is 193 Å². The van der Waals surface area contributed by atoms with Crippen molar-refractivity contribution in [3.63, 3.8) is 0 Å². The van der Waals surface area contributed by atoms with Gasteiger partial charge in [-0.25, -0.2) is 0 Å². The summed E-state index contributed by atoms with van der Waals surface area (Å²) in [6, 6.07) is -0.990. The van der Waals surface area contributed by atoms with Crippen LogP contribution in [0.5, 0.6) is 0 Å². The molecule has 0 aliphatic carbocycles. The molecular weight excluding hydrogens is 1350 g/mol. The van der Waals surface area contributed by atoms with Gasteiger partial charge in [0, 0.05) is 6.42 Å². The number of nitrogens with one attached hydrogen (secondary N) is 1. The molecule has 3 saturated heterocycles. The van der Waals surface area contributed by atoms with Crippen LogP contribution in [0.2, 0.25) is 0 Å². The van der Waals surface area contributed by atoms with Crippen LogP contribution in [-0.2, 0) is 33.2 Å². The smallest absolute Gasteiger partial charge is 0.220 e. The van der Waals surface area contributed by atoms with E-state index >= 15 is 0 Å². The van der Waals surface area contributed by atoms with E-state index in [1.54, 1.807) is 6.08 Å². The molecule has 622 valence electrons. The van der Waals surface area contributed by atoms with Crippen LogP contribution in [0, 0.1) is 0 Å². The summed E-state index contributed by atoms with van der Waals surface area (Å²) in [7, 11) is 0. The molecule has 0 aromatic heterocycles. The summed E-state index contributed by atoms with van der Waals surface area (Å²) in [6.45, 7) is 1.76. The first-order valence-electron chi connectivity index (χ1n) is 43.9. The second-order valence-corrected chi connectivity index (χ2v) is 31.3. The number of hydrogen-bond acceptors (Lipinski definition) is 18.